The Morgan fingerprint density at radius 3 is 2.55 bits per heavy atom. The van der Waals surface area contributed by atoms with E-state index in [-0.39, 0.29) is 34.0 Å². The number of sulfone groups is 1. The van der Waals surface area contributed by atoms with E-state index in [4.69, 9.17) is 0 Å². The van der Waals surface area contributed by atoms with Gasteiger partial charge < -0.3 is 15.0 Å². The van der Waals surface area contributed by atoms with Gasteiger partial charge in [-0.25, -0.2) is 17.2 Å². The molecule has 1 aromatic heterocycles. The van der Waals surface area contributed by atoms with Crippen molar-refractivity contribution >= 4 is 21.4 Å². The summed E-state index contributed by atoms with van der Waals surface area (Å²) in [6.45, 7) is 3.86. The summed E-state index contributed by atoms with van der Waals surface area (Å²) in [5, 5.41) is 12.6. The fourth-order valence-corrected chi connectivity index (χ4v) is 7.28. The summed E-state index contributed by atoms with van der Waals surface area (Å²) in [7, 11) is -2.15. The van der Waals surface area contributed by atoms with E-state index in [0.717, 1.165) is 18.6 Å². The van der Waals surface area contributed by atoms with Crippen LogP contribution in [0.2, 0.25) is 0 Å². The Kier molecular flexibility index (Phi) is 5.25. The molecular formula is C22H26F2N2O4S. The van der Waals surface area contributed by atoms with Crippen molar-refractivity contribution in [1.82, 2.24) is 4.57 Å². The number of benzene rings is 1. The lowest BCUT2D eigenvalue weighted by molar-refractivity contribution is -0.0466. The first-order valence-corrected chi connectivity index (χ1v) is 11.8. The van der Waals surface area contributed by atoms with Gasteiger partial charge in [0, 0.05) is 25.0 Å². The smallest absolute Gasteiger partial charge is 0.272 e. The van der Waals surface area contributed by atoms with Crippen LogP contribution in [-0.4, -0.2) is 34.8 Å². The topological polar surface area (TPSA) is 88.4 Å². The van der Waals surface area contributed by atoms with E-state index in [1.165, 1.54) is 22.9 Å². The fraction of sp³-hybridized carbons (Fsp3) is 0.500. The average Bonchev–Trinajstić information content (AvgIpc) is 3.08. The predicted molar refractivity (Wildman–Crippen MR) is 111 cm³/mol. The first-order valence-electron chi connectivity index (χ1n) is 10.3. The normalized spacial score (nSPS) is 30.4. The minimum absolute atomic E-state index is 0.0454. The SMILES string of the molecule is C[C@H]1CC2CC(S(=O)(=O)c3cc(C(=O)Nc4ccc(F)c(F)c4)n(C)c3)CC1[C@]2(C)O. The molecule has 2 N–H and O–H groups in total. The molecule has 0 spiro atoms. The Morgan fingerprint density at radius 1 is 1.19 bits per heavy atom. The zero-order valence-electron chi connectivity index (χ0n) is 17.6. The van der Waals surface area contributed by atoms with Crippen molar-refractivity contribution in [2.75, 3.05) is 5.32 Å². The minimum atomic E-state index is -3.70. The van der Waals surface area contributed by atoms with E-state index in [1.807, 2.05) is 0 Å². The van der Waals surface area contributed by atoms with Crippen LogP contribution in [0.25, 0.3) is 0 Å². The van der Waals surface area contributed by atoms with Crippen LogP contribution in [0.3, 0.4) is 0 Å². The number of carbonyl (C=O) groups excluding carboxylic acids is 1. The number of amides is 1. The van der Waals surface area contributed by atoms with E-state index in [1.54, 1.807) is 14.0 Å². The Hall–Kier alpha value is -2.26. The first-order chi connectivity index (χ1) is 14.4. The molecule has 5 atom stereocenters. The third-order valence-electron chi connectivity index (χ3n) is 7.14. The first kappa shape index (κ1) is 22.0. The number of halogens is 2. The highest BCUT2D eigenvalue weighted by atomic mass is 32.2. The quantitative estimate of drug-likeness (QED) is 0.743. The Bertz CT molecular complexity index is 1140. The van der Waals surface area contributed by atoms with E-state index in [2.05, 4.69) is 12.2 Å². The molecule has 2 aromatic rings. The van der Waals surface area contributed by atoms with Gasteiger partial charge in [-0.2, -0.15) is 0 Å². The molecule has 3 unspecified atom stereocenters. The van der Waals surface area contributed by atoms with E-state index in [9.17, 15) is 27.1 Å². The van der Waals surface area contributed by atoms with Crippen molar-refractivity contribution in [3.63, 3.8) is 0 Å². The van der Waals surface area contributed by atoms with E-state index >= 15 is 0 Å². The zero-order valence-corrected chi connectivity index (χ0v) is 18.4. The minimum Gasteiger partial charge on any atom is -0.390 e. The van der Waals surface area contributed by atoms with Crippen LogP contribution >= 0.6 is 0 Å². The molecule has 2 fully saturated rings. The van der Waals surface area contributed by atoms with Crippen molar-refractivity contribution in [2.24, 2.45) is 24.8 Å². The number of carbonyl (C=O) groups is 1. The fourth-order valence-electron chi connectivity index (χ4n) is 5.36. The zero-order chi connectivity index (χ0) is 22.7. The van der Waals surface area contributed by atoms with Gasteiger partial charge in [-0.3, -0.25) is 4.79 Å². The lowest BCUT2D eigenvalue weighted by Gasteiger charge is -2.40. The molecule has 0 saturated heterocycles. The second-order valence-electron chi connectivity index (χ2n) is 9.14. The van der Waals surface area contributed by atoms with Crippen LogP contribution in [0.4, 0.5) is 14.5 Å². The Morgan fingerprint density at radius 2 is 1.90 bits per heavy atom. The number of hydrogen-bond acceptors (Lipinski definition) is 4. The number of aryl methyl sites for hydroxylation is 1. The molecule has 0 aliphatic heterocycles. The summed E-state index contributed by atoms with van der Waals surface area (Å²) in [4.78, 5) is 12.7. The van der Waals surface area contributed by atoms with Crippen LogP contribution < -0.4 is 5.32 Å². The van der Waals surface area contributed by atoms with Gasteiger partial charge in [0.15, 0.2) is 21.5 Å². The summed E-state index contributed by atoms with van der Waals surface area (Å²) < 4.78 is 54.6. The molecule has 1 amide bonds. The maximum atomic E-state index is 13.4. The van der Waals surface area contributed by atoms with Gasteiger partial charge in [0.05, 0.1) is 15.7 Å². The maximum Gasteiger partial charge on any atom is 0.272 e. The van der Waals surface area contributed by atoms with Gasteiger partial charge in [-0.1, -0.05) is 6.92 Å². The monoisotopic (exact) mass is 452 g/mol. The molecule has 2 bridgehead atoms. The van der Waals surface area contributed by atoms with Gasteiger partial charge in [-0.05, 0) is 62.1 Å². The van der Waals surface area contributed by atoms with E-state index in [0.29, 0.717) is 12.8 Å². The number of fused-ring (bicyclic) bond motifs is 2. The molecule has 6 nitrogen and oxygen atoms in total. The number of hydrogen-bond donors (Lipinski definition) is 2. The third kappa shape index (κ3) is 3.67. The predicted octanol–water partition coefficient (Wildman–Crippen LogP) is 3.51. The summed E-state index contributed by atoms with van der Waals surface area (Å²) in [6, 6.07) is 4.29. The number of nitrogens with zero attached hydrogens (tertiary/aromatic N) is 1. The van der Waals surface area contributed by atoms with Crippen molar-refractivity contribution in [3.05, 3.63) is 47.8 Å². The molecule has 2 saturated carbocycles. The van der Waals surface area contributed by atoms with Gasteiger partial charge >= 0.3 is 0 Å². The third-order valence-corrected chi connectivity index (χ3v) is 9.28. The lowest BCUT2D eigenvalue weighted by atomic mass is 9.74. The summed E-state index contributed by atoms with van der Waals surface area (Å²) in [5.41, 5.74) is -0.700. The largest absolute Gasteiger partial charge is 0.390 e. The molecule has 2 aliphatic carbocycles. The number of anilines is 1. The van der Waals surface area contributed by atoms with Gasteiger partial charge in [0.2, 0.25) is 0 Å². The summed E-state index contributed by atoms with van der Waals surface area (Å²) in [5.74, 6) is -2.64. The number of aliphatic hydroxyl groups is 1. The van der Waals surface area contributed by atoms with Crippen LogP contribution in [0.5, 0.6) is 0 Å². The maximum absolute atomic E-state index is 13.4. The number of aromatic nitrogens is 1. The molecule has 31 heavy (non-hydrogen) atoms. The molecular weight excluding hydrogens is 426 g/mol. The number of rotatable bonds is 4. The van der Waals surface area contributed by atoms with Crippen LogP contribution in [0.15, 0.2) is 35.4 Å². The Labute approximate surface area is 180 Å². The van der Waals surface area contributed by atoms with Gasteiger partial charge in [0.25, 0.3) is 5.91 Å². The molecule has 1 heterocycles. The van der Waals surface area contributed by atoms with Crippen LogP contribution in [0, 0.1) is 29.4 Å². The second-order valence-corrected chi connectivity index (χ2v) is 11.4. The van der Waals surface area contributed by atoms with Gasteiger partial charge in [-0.15, -0.1) is 0 Å². The van der Waals surface area contributed by atoms with Crippen molar-refractivity contribution in [2.45, 2.75) is 48.9 Å². The average molecular weight is 453 g/mol. The van der Waals surface area contributed by atoms with E-state index < -0.39 is 38.2 Å². The second kappa shape index (κ2) is 7.41. The summed E-state index contributed by atoms with van der Waals surface area (Å²) >= 11 is 0. The standard InChI is InChI=1S/C22H26F2N2O4S/c1-12-6-13-7-15(9-17(12)22(13,2)28)31(29,30)16-10-20(26(3)11-16)21(27)25-14-4-5-18(23)19(24)8-14/h4-5,8,10-13,15,17,28H,6-7,9H2,1-3H3,(H,25,27)/t12-,13?,15?,17?,22+/m0/s1. The van der Waals surface area contributed by atoms with Crippen molar-refractivity contribution in [3.8, 4) is 0 Å². The van der Waals surface area contributed by atoms with Crippen LogP contribution in [0.1, 0.15) is 43.6 Å². The highest BCUT2D eigenvalue weighted by Gasteiger charge is 2.55. The van der Waals surface area contributed by atoms with Crippen molar-refractivity contribution < 1.29 is 27.1 Å². The molecule has 9 heteroatoms. The van der Waals surface area contributed by atoms with Crippen molar-refractivity contribution in [1.29, 1.82) is 0 Å². The van der Waals surface area contributed by atoms with Gasteiger partial charge in [0.1, 0.15) is 5.69 Å². The molecule has 0 radical (unpaired) electrons. The summed E-state index contributed by atoms with van der Waals surface area (Å²) in [6.07, 6.45) is 2.98. The number of nitrogens with one attached hydrogen (secondary N) is 1. The van der Waals surface area contributed by atoms with Crippen LogP contribution in [-0.2, 0) is 16.9 Å². The Balaban J connectivity index is 1.56. The molecule has 1 aromatic carbocycles. The lowest BCUT2D eigenvalue weighted by Crippen LogP contribution is -2.46. The molecule has 2 aliphatic rings. The molecule has 4 rings (SSSR count). The highest BCUT2D eigenvalue weighted by molar-refractivity contribution is 7.92. The highest BCUT2D eigenvalue weighted by Crippen LogP contribution is 2.54. The molecule has 168 valence electrons.